The van der Waals surface area contributed by atoms with E-state index in [1.165, 1.54) is 69.2 Å². The summed E-state index contributed by atoms with van der Waals surface area (Å²) < 4.78 is 17.3. The summed E-state index contributed by atoms with van der Waals surface area (Å²) in [6.45, 7) is 11.3. The number of amides is 1. The van der Waals surface area contributed by atoms with E-state index in [-0.39, 0.29) is 22.8 Å². The number of anilines is 1. The van der Waals surface area contributed by atoms with Gasteiger partial charge in [0.25, 0.3) is 5.91 Å². The monoisotopic (exact) mass is 575 g/mol. The number of carbonyl (C=O) groups excluding carboxylic acids is 1. The largest absolute Gasteiger partial charge is 0.478 e. The summed E-state index contributed by atoms with van der Waals surface area (Å²) in [7, 11) is 0. The van der Waals surface area contributed by atoms with Gasteiger partial charge in [-0.3, -0.25) is 4.79 Å². The Balaban J connectivity index is 1.75. The topological polar surface area (TPSA) is 66.4 Å². The molecule has 0 radical (unpaired) electrons. The lowest BCUT2D eigenvalue weighted by Crippen LogP contribution is -2.38. The van der Waals surface area contributed by atoms with Crippen LogP contribution in [0.15, 0.2) is 66.7 Å². The van der Waals surface area contributed by atoms with E-state index in [4.69, 9.17) is 0 Å². The number of carboxylic acid groups (broad SMARTS) is 1. The number of hydrogen-bond acceptors (Lipinski definition) is 2. The van der Waals surface area contributed by atoms with Gasteiger partial charge in [-0.2, -0.15) is 0 Å². The molecule has 4 nitrogen and oxygen atoms in total. The van der Waals surface area contributed by atoms with Crippen molar-refractivity contribution in [2.45, 2.75) is 111 Å². The third kappa shape index (κ3) is 9.40. The first-order valence-corrected chi connectivity index (χ1v) is 15.7. The molecule has 0 aromatic heterocycles. The average molecular weight is 576 g/mol. The van der Waals surface area contributed by atoms with Crippen molar-refractivity contribution < 1.29 is 19.1 Å². The van der Waals surface area contributed by atoms with Crippen LogP contribution in [-0.4, -0.2) is 17.0 Å². The number of carbonyl (C=O) groups is 2. The van der Waals surface area contributed by atoms with Gasteiger partial charge < -0.3 is 10.4 Å². The summed E-state index contributed by atoms with van der Waals surface area (Å²) in [6, 6.07) is 18.8. The van der Waals surface area contributed by atoms with Gasteiger partial charge in [0.05, 0.1) is 5.56 Å². The lowest BCUT2D eigenvalue weighted by atomic mass is 9.73. The molecule has 0 aliphatic rings. The quantitative estimate of drug-likeness (QED) is 0.157. The molecule has 3 rings (SSSR count). The molecule has 0 bridgehead atoms. The third-order valence-corrected chi connectivity index (χ3v) is 8.80. The Hall–Kier alpha value is -3.21. The number of rotatable bonds is 17. The van der Waals surface area contributed by atoms with Gasteiger partial charge in [-0.15, -0.1) is 0 Å². The molecule has 5 heteroatoms. The van der Waals surface area contributed by atoms with E-state index in [0.717, 1.165) is 23.6 Å². The predicted molar refractivity (Wildman–Crippen MR) is 173 cm³/mol. The minimum Gasteiger partial charge on any atom is -0.478 e. The van der Waals surface area contributed by atoms with Crippen LogP contribution in [0.1, 0.15) is 121 Å². The summed E-state index contributed by atoms with van der Waals surface area (Å²) in [5, 5.41) is 13.5. The second-order valence-corrected chi connectivity index (χ2v) is 13.5. The van der Waals surface area contributed by atoms with Gasteiger partial charge in [-0.05, 0) is 78.0 Å². The van der Waals surface area contributed by atoms with Crippen molar-refractivity contribution in [2.24, 2.45) is 10.8 Å². The summed E-state index contributed by atoms with van der Waals surface area (Å²) in [5.41, 5.74) is -1.36. The number of fused-ring (bicyclic) bond motifs is 1. The lowest BCUT2D eigenvalue weighted by molar-refractivity contribution is -0.128. The fourth-order valence-corrected chi connectivity index (χ4v) is 5.69. The van der Waals surface area contributed by atoms with E-state index >= 15 is 4.39 Å². The first-order chi connectivity index (χ1) is 19.9. The first-order valence-electron chi connectivity index (χ1n) is 15.7. The number of carboxylic acids is 1. The van der Waals surface area contributed by atoms with Crippen molar-refractivity contribution in [3.63, 3.8) is 0 Å². The Kier molecular flexibility index (Phi) is 11.7. The van der Waals surface area contributed by atoms with E-state index in [2.05, 4.69) is 39.9 Å². The Labute approximate surface area is 252 Å². The van der Waals surface area contributed by atoms with Crippen LogP contribution in [0.4, 0.5) is 10.1 Å². The van der Waals surface area contributed by atoms with E-state index in [9.17, 15) is 14.7 Å². The molecule has 3 aromatic carbocycles. The SMILES string of the molecule is CCCCCCCCC(C)(C)CCC(C)(C)CCC(F)(C(=O)Nc1ccc(C(=O)O)cc1)c1cccc2ccccc12. The molecular formula is C37H50FNO3. The molecule has 0 aliphatic carbocycles. The second-order valence-electron chi connectivity index (χ2n) is 13.5. The molecule has 1 amide bonds. The zero-order valence-corrected chi connectivity index (χ0v) is 26.3. The molecule has 0 aliphatic heterocycles. The summed E-state index contributed by atoms with van der Waals surface area (Å²) in [4.78, 5) is 25.0. The Morgan fingerprint density at radius 2 is 1.29 bits per heavy atom. The van der Waals surface area contributed by atoms with Crippen LogP contribution in [-0.2, 0) is 10.5 Å². The second kappa shape index (κ2) is 14.8. The molecule has 0 fully saturated rings. The maximum absolute atomic E-state index is 17.3. The Morgan fingerprint density at radius 1 is 0.714 bits per heavy atom. The lowest BCUT2D eigenvalue weighted by Gasteiger charge is -2.34. The van der Waals surface area contributed by atoms with E-state index in [0.29, 0.717) is 17.7 Å². The highest BCUT2D eigenvalue weighted by molar-refractivity contribution is 6.01. The van der Waals surface area contributed by atoms with Gasteiger partial charge in [-0.1, -0.05) is 116 Å². The van der Waals surface area contributed by atoms with Crippen LogP contribution in [0.25, 0.3) is 10.8 Å². The van der Waals surface area contributed by atoms with Crippen molar-refractivity contribution in [2.75, 3.05) is 5.32 Å². The van der Waals surface area contributed by atoms with Crippen molar-refractivity contribution in [3.8, 4) is 0 Å². The molecule has 0 saturated carbocycles. The van der Waals surface area contributed by atoms with Gasteiger partial charge in [0.15, 0.2) is 0 Å². The molecule has 0 heterocycles. The van der Waals surface area contributed by atoms with Crippen molar-refractivity contribution in [1.82, 2.24) is 0 Å². The number of alkyl halides is 1. The molecule has 0 saturated heterocycles. The van der Waals surface area contributed by atoms with Crippen molar-refractivity contribution in [3.05, 3.63) is 77.9 Å². The number of aromatic carboxylic acids is 1. The highest BCUT2D eigenvalue weighted by Gasteiger charge is 2.43. The van der Waals surface area contributed by atoms with Gasteiger partial charge in [-0.25, -0.2) is 9.18 Å². The molecule has 1 unspecified atom stereocenters. The average Bonchev–Trinajstić information content (AvgIpc) is 2.97. The molecule has 1 atom stereocenters. The highest BCUT2D eigenvalue weighted by Crippen LogP contribution is 2.43. The molecule has 0 spiro atoms. The molecular weight excluding hydrogens is 525 g/mol. The molecule has 228 valence electrons. The Bertz CT molecular complexity index is 1310. The minimum atomic E-state index is -2.27. The predicted octanol–water partition coefficient (Wildman–Crippen LogP) is 10.7. The van der Waals surface area contributed by atoms with E-state index in [1.807, 2.05) is 30.3 Å². The molecule has 42 heavy (non-hydrogen) atoms. The number of hydrogen-bond donors (Lipinski definition) is 2. The maximum atomic E-state index is 17.3. The third-order valence-electron chi connectivity index (χ3n) is 8.80. The number of halogens is 1. The zero-order chi connectivity index (χ0) is 30.8. The van der Waals surface area contributed by atoms with Crippen LogP contribution in [0.2, 0.25) is 0 Å². The van der Waals surface area contributed by atoms with Crippen molar-refractivity contribution in [1.29, 1.82) is 0 Å². The minimum absolute atomic E-state index is 0.0465. The fraction of sp³-hybridized carbons (Fsp3) is 0.514. The highest BCUT2D eigenvalue weighted by atomic mass is 19.1. The van der Waals surface area contributed by atoms with Gasteiger partial charge in [0.1, 0.15) is 0 Å². The molecule has 3 aromatic rings. The van der Waals surface area contributed by atoms with Crippen LogP contribution in [0.3, 0.4) is 0 Å². The standard InChI is InChI=1S/C37H50FNO3/c1-6-7-8-9-10-13-23-35(2,3)24-25-36(4,5)26-27-37(38,32-18-14-16-28-15-11-12-17-31(28)32)34(42)39-30-21-19-29(20-22-30)33(40)41/h11-12,14-22H,6-10,13,23-27H2,1-5H3,(H,39,42)(H,40,41). The van der Waals surface area contributed by atoms with Crippen LogP contribution >= 0.6 is 0 Å². The number of benzene rings is 3. The smallest absolute Gasteiger partial charge is 0.335 e. The van der Waals surface area contributed by atoms with Gasteiger partial charge >= 0.3 is 5.97 Å². The Morgan fingerprint density at radius 3 is 1.95 bits per heavy atom. The maximum Gasteiger partial charge on any atom is 0.335 e. The number of nitrogens with one attached hydrogen (secondary N) is 1. The normalized spacial score (nSPS) is 13.6. The van der Waals surface area contributed by atoms with Crippen molar-refractivity contribution >= 4 is 28.3 Å². The van der Waals surface area contributed by atoms with Crippen LogP contribution < -0.4 is 5.32 Å². The fourth-order valence-electron chi connectivity index (χ4n) is 5.69. The van der Waals surface area contributed by atoms with Crippen LogP contribution in [0, 0.1) is 10.8 Å². The van der Waals surface area contributed by atoms with Crippen LogP contribution in [0.5, 0.6) is 0 Å². The van der Waals surface area contributed by atoms with Gasteiger partial charge in [0.2, 0.25) is 5.67 Å². The number of unbranched alkanes of at least 4 members (excludes halogenated alkanes) is 5. The summed E-state index contributed by atoms with van der Waals surface area (Å²) in [6.07, 6.45) is 11.6. The molecule has 2 N–H and O–H groups in total. The summed E-state index contributed by atoms with van der Waals surface area (Å²) in [5.74, 6) is -1.79. The zero-order valence-electron chi connectivity index (χ0n) is 26.3. The van der Waals surface area contributed by atoms with Gasteiger partial charge in [0, 0.05) is 11.3 Å². The first kappa shape index (κ1) is 33.3. The van der Waals surface area contributed by atoms with E-state index in [1.54, 1.807) is 12.1 Å². The van der Waals surface area contributed by atoms with E-state index < -0.39 is 17.5 Å². The summed E-state index contributed by atoms with van der Waals surface area (Å²) >= 11 is 0.